The fourth-order valence-corrected chi connectivity index (χ4v) is 2.94. The number of anilines is 1. The molecule has 0 radical (unpaired) electrons. The van der Waals surface area contributed by atoms with Crippen LogP contribution in [0.2, 0.25) is 0 Å². The van der Waals surface area contributed by atoms with Crippen molar-refractivity contribution in [3.05, 3.63) is 16.8 Å². The normalized spacial score (nSPS) is 10.6. The smallest absolute Gasteiger partial charge is 0.305 e. The summed E-state index contributed by atoms with van der Waals surface area (Å²) in [6, 6.07) is 2.03. The van der Waals surface area contributed by atoms with Crippen molar-refractivity contribution in [2.45, 2.75) is 26.7 Å². The Morgan fingerprint density at radius 1 is 1.36 bits per heavy atom. The Kier molecular flexibility index (Phi) is 5.26. The van der Waals surface area contributed by atoms with Crippen LogP contribution < -0.4 is 10.6 Å². The van der Waals surface area contributed by atoms with Gasteiger partial charge in [0.1, 0.15) is 16.5 Å². The molecule has 8 heteroatoms. The summed E-state index contributed by atoms with van der Waals surface area (Å²) in [7, 11) is 0. The summed E-state index contributed by atoms with van der Waals surface area (Å²) in [5.41, 5.74) is 0. The number of carboxylic acid groups (broad SMARTS) is 1. The van der Waals surface area contributed by atoms with Gasteiger partial charge in [-0.2, -0.15) is 0 Å². The summed E-state index contributed by atoms with van der Waals surface area (Å²) in [4.78, 5) is 32.9. The van der Waals surface area contributed by atoms with Gasteiger partial charge in [-0.05, 0) is 19.4 Å². The van der Waals surface area contributed by atoms with Gasteiger partial charge in [0, 0.05) is 11.4 Å². The minimum Gasteiger partial charge on any atom is -0.481 e. The van der Waals surface area contributed by atoms with Gasteiger partial charge in [0.15, 0.2) is 0 Å². The summed E-state index contributed by atoms with van der Waals surface area (Å²) in [6.07, 6.45) is 0.835. The van der Waals surface area contributed by atoms with Gasteiger partial charge in [0.05, 0.1) is 18.4 Å². The Labute approximate surface area is 131 Å². The number of hydrogen-bond acceptors (Lipinski definition) is 6. The number of carbonyl (C=O) groups is 2. The number of nitrogens with one attached hydrogen (secondary N) is 2. The van der Waals surface area contributed by atoms with Crippen molar-refractivity contribution in [2.75, 3.05) is 18.4 Å². The van der Waals surface area contributed by atoms with Gasteiger partial charge < -0.3 is 15.7 Å². The molecule has 7 nitrogen and oxygen atoms in total. The zero-order valence-corrected chi connectivity index (χ0v) is 13.3. The van der Waals surface area contributed by atoms with E-state index in [0.29, 0.717) is 11.6 Å². The van der Waals surface area contributed by atoms with Crippen LogP contribution >= 0.6 is 11.3 Å². The molecule has 0 aliphatic heterocycles. The van der Waals surface area contributed by atoms with Gasteiger partial charge in [0.2, 0.25) is 5.91 Å². The third kappa shape index (κ3) is 4.14. The zero-order valence-electron chi connectivity index (χ0n) is 12.5. The number of fused-ring (bicyclic) bond motifs is 1. The number of aliphatic carboxylic acids is 1. The van der Waals surface area contributed by atoms with Crippen molar-refractivity contribution >= 4 is 39.2 Å². The summed E-state index contributed by atoms with van der Waals surface area (Å²) in [6.45, 7) is 4.05. The largest absolute Gasteiger partial charge is 0.481 e. The molecule has 3 N–H and O–H groups in total. The Morgan fingerprint density at radius 3 is 2.82 bits per heavy atom. The maximum Gasteiger partial charge on any atom is 0.305 e. The lowest BCUT2D eigenvalue weighted by Crippen LogP contribution is -2.31. The Morgan fingerprint density at radius 2 is 2.14 bits per heavy atom. The molecule has 118 valence electrons. The molecule has 0 aliphatic rings. The first-order chi connectivity index (χ1) is 10.5. The fraction of sp³-hybridized carbons (Fsp3) is 0.429. The molecule has 0 aliphatic carbocycles. The van der Waals surface area contributed by atoms with Crippen molar-refractivity contribution in [1.29, 1.82) is 0 Å². The minimum absolute atomic E-state index is 0.0441. The number of carbonyl (C=O) groups excluding carboxylic acids is 1. The van der Waals surface area contributed by atoms with E-state index >= 15 is 0 Å². The summed E-state index contributed by atoms with van der Waals surface area (Å²) in [5.74, 6) is 0.0704. The predicted octanol–water partition coefficient (Wildman–Crippen LogP) is 1.56. The first-order valence-corrected chi connectivity index (χ1v) is 7.80. The molecule has 1 amide bonds. The molecule has 2 aromatic heterocycles. The van der Waals surface area contributed by atoms with Crippen molar-refractivity contribution in [1.82, 2.24) is 15.3 Å². The van der Waals surface area contributed by atoms with E-state index in [1.165, 1.54) is 4.88 Å². The molecule has 2 heterocycles. The topological polar surface area (TPSA) is 104 Å². The maximum absolute atomic E-state index is 11.7. The molecule has 0 fully saturated rings. The Balaban J connectivity index is 2.03. The average molecular weight is 322 g/mol. The molecule has 0 aromatic carbocycles. The number of amides is 1. The van der Waals surface area contributed by atoms with Crippen molar-refractivity contribution in [3.8, 4) is 0 Å². The van der Waals surface area contributed by atoms with Crippen LogP contribution in [0.15, 0.2) is 6.07 Å². The standard InChI is InChI=1S/C14H18N4O3S/c1-3-9-6-10-13(17-8(2)18-14(10)22-9)16-7-11(19)15-5-4-12(20)21/h6H,3-5,7H2,1-2H3,(H,15,19)(H,20,21)(H,16,17,18). The van der Waals surface area contributed by atoms with E-state index in [9.17, 15) is 9.59 Å². The van der Waals surface area contributed by atoms with Crippen LogP contribution in [0.3, 0.4) is 0 Å². The third-order valence-corrected chi connectivity index (χ3v) is 4.15. The van der Waals surface area contributed by atoms with Gasteiger partial charge >= 0.3 is 5.97 Å². The number of thiophene rings is 1. The molecule has 0 saturated heterocycles. The van der Waals surface area contributed by atoms with Gasteiger partial charge in [-0.1, -0.05) is 6.92 Å². The number of nitrogens with zero attached hydrogens (tertiary/aromatic N) is 2. The van der Waals surface area contributed by atoms with Crippen LogP contribution in [0.1, 0.15) is 24.0 Å². The van der Waals surface area contributed by atoms with E-state index in [0.717, 1.165) is 16.6 Å². The predicted molar refractivity (Wildman–Crippen MR) is 85.3 cm³/mol. The highest BCUT2D eigenvalue weighted by Crippen LogP contribution is 2.29. The number of hydrogen-bond donors (Lipinski definition) is 3. The van der Waals surface area contributed by atoms with E-state index in [1.807, 2.05) is 13.0 Å². The Bertz CT molecular complexity index is 699. The van der Waals surface area contributed by atoms with Crippen LogP contribution in [0.5, 0.6) is 0 Å². The van der Waals surface area contributed by atoms with E-state index in [2.05, 4.69) is 27.5 Å². The molecule has 0 atom stereocenters. The first-order valence-electron chi connectivity index (χ1n) is 6.99. The summed E-state index contributed by atoms with van der Waals surface area (Å²) in [5, 5.41) is 15.0. The lowest BCUT2D eigenvalue weighted by molar-refractivity contribution is -0.136. The molecule has 2 rings (SSSR count). The van der Waals surface area contributed by atoms with E-state index < -0.39 is 5.97 Å². The lowest BCUT2D eigenvalue weighted by Gasteiger charge is -2.08. The second kappa shape index (κ2) is 7.17. The summed E-state index contributed by atoms with van der Waals surface area (Å²) < 4.78 is 0. The number of aryl methyl sites for hydroxylation is 2. The Hall–Kier alpha value is -2.22. The highest BCUT2D eigenvalue weighted by Gasteiger charge is 2.11. The molecule has 0 bridgehead atoms. The molecular weight excluding hydrogens is 304 g/mol. The molecule has 0 saturated carbocycles. The SMILES string of the molecule is CCc1cc2c(NCC(=O)NCCC(=O)O)nc(C)nc2s1. The number of aromatic nitrogens is 2. The van der Waals surface area contributed by atoms with Crippen molar-refractivity contribution in [3.63, 3.8) is 0 Å². The van der Waals surface area contributed by atoms with E-state index in [-0.39, 0.29) is 25.4 Å². The monoisotopic (exact) mass is 322 g/mol. The second-order valence-corrected chi connectivity index (χ2v) is 5.87. The zero-order chi connectivity index (χ0) is 16.1. The summed E-state index contributed by atoms with van der Waals surface area (Å²) >= 11 is 1.62. The van der Waals surface area contributed by atoms with Crippen LogP contribution in [-0.4, -0.2) is 40.0 Å². The van der Waals surface area contributed by atoms with Crippen LogP contribution in [-0.2, 0) is 16.0 Å². The average Bonchev–Trinajstić information content (AvgIpc) is 2.87. The van der Waals surface area contributed by atoms with Gasteiger partial charge in [-0.15, -0.1) is 11.3 Å². The van der Waals surface area contributed by atoms with E-state index in [1.54, 1.807) is 11.3 Å². The van der Waals surface area contributed by atoms with E-state index in [4.69, 9.17) is 5.11 Å². The van der Waals surface area contributed by atoms with Gasteiger partial charge in [-0.25, -0.2) is 9.97 Å². The first kappa shape index (κ1) is 16.2. The number of carboxylic acids is 1. The lowest BCUT2D eigenvalue weighted by atomic mass is 10.3. The van der Waals surface area contributed by atoms with Crippen LogP contribution in [0, 0.1) is 6.92 Å². The molecule has 22 heavy (non-hydrogen) atoms. The highest BCUT2D eigenvalue weighted by atomic mass is 32.1. The highest BCUT2D eigenvalue weighted by molar-refractivity contribution is 7.18. The minimum atomic E-state index is -0.938. The van der Waals surface area contributed by atoms with Gasteiger partial charge in [-0.3, -0.25) is 9.59 Å². The maximum atomic E-state index is 11.7. The fourth-order valence-electron chi connectivity index (χ4n) is 1.92. The third-order valence-electron chi connectivity index (χ3n) is 2.98. The van der Waals surface area contributed by atoms with Crippen LogP contribution in [0.4, 0.5) is 5.82 Å². The quantitative estimate of drug-likeness (QED) is 0.715. The molecule has 0 unspecified atom stereocenters. The van der Waals surface area contributed by atoms with Gasteiger partial charge in [0.25, 0.3) is 0 Å². The molecule has 2 aromatic rings. The van der Waals surface area contributed by atoms with Crippen molar-refractivity contribution < 1.29 is 14.7 Å². The molecular formula is C14H18N4O3S. The number of rotatable bonds is 7. The molecule has 0 spiro atoms. The van der Waals surface area contributed by atoms with Crippen LogP contribution in [0.25, 0.3) is 10.2 Å². The van der Waals surface area contributed by atoms with Crippen molar-refractivity contribution in [2.24, 2.45) is 0 Å². The second-order valence-electron chi connectivity index (χ2n) is 4.75.